The summed E-state index contributed by atoms with van der Waals surface area (Å²) in [7, 11) is 0. The average molecular weight is 362 g/mol. The molecule has 0 spiro atoms. The Balaban J connectivity index is 2.28. The summed E-state index contributed by atoms with van der Waals surface area (Å²) in [5.41, 5.74) is 0.340. The van der Waals surface area contributed by atoms with Gasteiger partial charge in [0.05, 0.1) is 10.6 Å². The lowest BCUT2D eigenvalue weighted by molar-refractivity contribution is -0.131. The van der Waals surface area contributed by atoms with E-state index in [2.05, 4.69) is 17.2 Å². The summed E-state index contributed by atoms with van der Waals surface area (Å²) in [5.74, 6) is 5.22. The monoisotopic (exact) mass is 362 g/mol. The number of thiophene rings is 1. The van der Waals surface area contributed by atoms with Gasteiger partial charge < -0.3 is 15.3 Å². The summed E-state index contributed by atoms with van der Waals surface area (Å²) < 4.78 is 0. The number of aromatic carboxylic acids is 1. The first kappa shape index (κ1) is 19.3. The number of carbonyl (C=O) groups is 2. The first-order valence-corrected chi connectivity index (χ1v) is 9.48. The Morgan fingerprint density at radius 1 is 1.44 bits per heavy atom. The van der Waals surface area contributed by atoms with Gasteiger partial charge in [-0.25, -0.2) is 4.79 Å². The van der Waals surface area contributed by atoms with Crippen LogP contribution in [0.15, 0.2) is 6.07 Å². The van der Waals surface area contributed by atoms with Crippen molar-refractivity contribution in [3.63, 3.8) is 0 Å². The summed E-state index contributed by atoms with van der Waals surface area (Å²) in [6.45, 7) is 9.44. The molecule has 1 aromatic heterocycles. The molecule has 2 N–H and O–H groups in total. The Morgan fingerprint density at radius 2 is 2.16 bits per heavy atom. The minimum Gasteiger partial charge on any atom is -0.477 e. The Kier molecular flexibility index (Phi) is 6.12. The number of rotatable bonds is 4. The second-order valence-corrected chi connectivity index (χ2v) is 8.32. The molecule has 1 saturated heterocycles. The number of hydrogen-bond acceptors (Lipinski definition) is 4. The zero-order valence-corrected chi connectivity index (χ0v) is 16.1. The van der Waals surface area contributed by atoms with Crippen LogP contribution in [-0.2, 0) is 4.79 Å². The van der Waals surface area contributed by atoms with Crippen LogP contribution >= 0.6 is 11.3 Å². The fraction of sp³-hybridized carbons (Fsp3) is 0.579. The molecule has 1 aromatic rings. The highest BCUT2D eigenvalue weighted by molar-refractivity contribution is 7.15. The van der Waals surface area contributed by atoms with Gasteiger partial charge in [0.2, 0.25) is 5.91 Å². The van der Waals surface area contributed by atoms with E-state index >= 15 is 0 Å². The highest BCUT2D eigenvalue weighted by atomic mass is 32.1. The summed E-state index contributed by atoms with van der Waals surface area (Å²) in [4.78, 5) is 26.9. The van der Waals surface area contributed by atoms with E-state index in [-0.39, 0.29) is 22.2 Å². The van der Waals surface area contributed by atoms with Crippen LogP contribution in [0.4, 0.5) is 5.69 Å². The molecule has 0 radical (unpaired) electrons. The number of likely N-dealkylation sites (N-methyl/N-ethyl adjacent to an activating group) is 1. The maximum absolute atomic E-state index is 12.6. The third-order valence-electron chi connectivity index (χ3n) is 3.98. The van der Waals surface area contributed by atoms with E-state index in [0.717, 1.165) is 30.7 Å². The topological polar surface area (TPSA) is 69.6 Å². The molecule has 0 aromatic carbocycles. The average Bonchev–Trinajstić information content (AvgIpc) is 2.85. The van der Waals surface area contributed by atoms with E-state index in [1.807, 2.05) is 32.6 Å². The van der Waals surface area contributed by atoms with Gasteiger partial charge in [-0.05, 0) is 53.0 Å². The van der Waals surface area contributed by atoms with Gasteiger partial charge in [0.15, 0.2) is 0 Å². The van der Waals surface area contributed by atoms with Crippen LogP contribution in [0.3, 0.4) is 0 Å². The van der Waals surface area contributed by atoms with Gasteiger partial charge in [-0.15, -0.1) is 11.3 Å². The van der Waals surface area contributed by atoms with E-state index in [4.69, 9.17) is 0 Å². The normalized spacial score (nSPS) is 18.3. The molecule has 1 aliphatic heterocycles. The lowest BCUT2D eigenvalue weighted by Gasteiger charge is -2.24. The predicted molar refractivity (Wildman–Crippen MR) is 101 cm³/mol. The number of carboxylic acid groups (broad SMARTS) is 1. The van der Waals surface area contributed by atoms with Gasteiger partial charge in [0, 0.05) is 18.5 Å². The second kappa shape index (κ2) is 7.92. The number of anilines is 1. The van der Waals surface area contributed by atoms with Crippen molar-refractivity contribution >= 4 is 28.9 Å². The number of hydrogen-bond donors (Lipinski definition) is 2. The quantitative estimate of drug-likeness (QED) is 0.802. The fourth-order valence-electron chi connectivity index (χ4n) is 2.71. The summed E-state index contributed by atoms with van der Waals surface area (Å²) >= 11 is 1.15. The minimum absolute atomic E-state index is 0.0462. The Bertz CT molecular complexity index is 706. The number of likely N-dealkylation sites (tertiary alicyclic amines) is 1. The van der Waals surface area contributed by atoms with Gasteiger partial charge in [0.25, 0.3) is 0 Å². The lowest BCUT2D eigenvalue weighted by Crippen LogP contribution is -2.41. The van der Waals surface area contributed by atoms with Crippen LogP contribution in [0, 0.1) is 17.3 Å². The van der Waals surface area contributed by atoms with Crippen molar-refractivity contribution in [2.45, 2.75) is 53.0 Å². The van der Waals surface area contributed by atoms with Gasteiger partial charge >= 0.3 is 5.97 Å². The molecule has 1 aliphatic rings. The molecule has 1 fully saturated rings. The molecule has 1 unspecified atom stereocenters. The van der Waals surface area contributed by atoms with Crippen molar-refractivity contribution < 1.29 is 14.7 Å². The Hall–Kier alpha value is -2.00. The van der Waals surface area contributed by atoms with Crippen LogP contribution in [0.25, 0.3) is 0 Å². The highest BCUT2D eigenvalue weighted by Crippen LogP contribution is 2.29. The zero-order valence-electron chi connectivity index (χ0n) is 15.3. The number of nitrogens with one attached hydrogen (secondary N) is 1. The summed E-state index contributed by atoms with van der Waals surface area (Å²) in [5, 5.41) is 12.7. The van der Waals surface area contributed by atoms with Crippen molar-refractivity contribution in [2.75, 3.05) is 18.4 Å². The van der Waals surface area contributed by atoms with Crippen LogP contribution in [-0.4, -0.2) is 41.0 Å². The molecule has 25 heavy (non-hydrogen) atoms. The molecule has 2 heterocycles. The second-order valence-electron chi connectivity index (χ2n) is 7.27. The van der Waals surface area contributed by atoms with Gasteiger partial charge in [-0.2, -0.15) is 0 Å². The standard InChI is InChI=1S/C19H26N2O3S/c1-5-21-11-7-6-8-14(17(21)22)20-15-12-13(9-10-19(2,3)4)25-16(15)18(23)24/h12,14,20H,5-8,11H2,1-4H3,(H,23,24). The lowest BCUT2D eigenvalue weighted by atomic mass is 9.98. The molecule has 5 nitrogen and oxygen atoms in total. The number of carboxylic acids is 1. The number of nitrogens with zero attached hydrogens (tertiary/aromatic N) is 1. The SMILES string of the molecule is CCN1CCCCC(Nc2cc(C#CC(C)(C)C)sc2C(=O)O)C1=O. The van der Waals surface area contributed by atoms with Crippen LogP contribution in [0.5, 0.6) is 0 Å². The zero-order chi connectivity index (χ0) is 18.6. The summed E-state index contributed by atoms with van der Waals surface area (Å²) in [6.07, 6.45) is 2.64. The molecule has 0 aliphatic carbocycles. The predicted octanol–water partition coefficient (Wildman–Crippen LogP) is 3.66. The number of amides is 1. The van der Waals surface area contributed by atoms with Gasteiger partial charge in [-0.3, -0.25) is 4.79 Å². The minimum atomic E-state index is -0.996. The van der Waals surface area contributed by atoms with Gasteiger partial charge in [-0.1, -0.05) is 11.8 Å². The fourth-order valence-corrected chi connectivity index (χ4v) is 3.52. The van der Waals surface area contributed by atoms with E-state index in [9.17, 15) is 14.7 Å². The van der Waals surface area contributed by atoms with Crippen molar-refractivity contribution in [1.29, 1.82) is 0 Å². The molecular weight excluding hydrogens is 336 g/mol. The van der Waals surface area contributed by atoms with E-state index in [1.54, 1.807) is 6.07 Å². The molecular formula is C19H26N2O3S. The maximum atomic E-state index is 12.6. The van der Waals surface area contributed by atoms with Crippen molar-refractivity contribution in [3.8, 4) is 11.8 Å². The van der Waals surface area contributed by atoms with Gasteiger partial charge in [0.1, 0.15) is 10.9 Å². The Morgan fingerprint density at radius 3 is 2.76 bits per heavy atom. The smallest absolute Gasteiger partial charge is 0.348 e. The van der Waals surface area contributed by atoms with Crippen LogP contribution < -0.4 is 5.32 Å². The molecule has 0 saturated carbocycles. The molecule has 6 heteroatoms. The maximum Gasteiger partial charge on any atom is 0.348 e. The van der Waals surface area contributed by atoms with Crippen LogP contribution in [0.2, 0.25) is 0 Å². The van der Waals surface area contributed by atoms with E-state index in [0.29, 0.717) is 23.5 Å². The molecule has 0 bridgehead atoms. The molecule has 1 amide bonds. The molecule has 2 rings (SSSR count). The third-order valence-corrected chi connectivity index (χ3v) is 5.02. The van der Waals surface area contributed by atoms with Crippen molar-refractivity contribution in [2.24, 2.45) is 5.41 Å². The van der Waals surface area contributed by atoms with E-state index in [1.165, 1.54) is 0 Å². The summed E-state index contributed by atoms with van der Waals surface area (Å²) in [6, 6.07) is 1.37. The first-order valence-electron chi connectivity index (χ1n) is 8.67. The Labute approximate surface area is 153 Å². The third kappa shape index (κ3) is 5.23. The van der Waals surface area contributed by atoms with Crippen molar-refractivity contribution in [1.82, 2.24) is 4.90 Å². The highest BCUT2D eigenvalue weighted by Gasteiger charge is 2.27. The van der Waals surface area contributed by atoms with Crippen molar-refractivity contribution in [3.05, 3.63) is 15.8 Å². The van der Waals surface area contributed by atoms with Crippen LogP contribution in [0.1, 0.15) is 61.5 Å². The first-order chi connectivity index (χ1) is 11.7. The molecule has 136 valence electrons. The largest absolute Gasteiger partial charge is 0.477 e. The van der Waals surface area contributed by atoms with E-state index < -0.39 is 5.97 Å². The number of carbonyl (C=O) groups excluding carboxylic acids is 1. The molecule has 1 atom stereocenters.